The standard InChI is InChI=1S/C22H35N5O3/c1-20(2,23)13-27-19(24-25-26-27)12-14-3-5-21(6-4-14)28-22(30-29-21)17-8-15-7-16(10-17)11-18(22)9-15/h14-18H,3-13,23H2,1-2H3/t14-,15?,16?,17?,18?,21+,22-. The SMILES string of the molecule is CC(C)(N)Cn1nnnc1C[C@H]1CC[C@]2(CC1)OO[C@]1(O2)C2CC3CC(C2)CC1C3. The fraction of sp³-hybridized carbons (Fsp3) is 0.955. The first kappa shape index (κ1) is 19.6. The molecule has 8 heteroatoms. The number of nitrogens with two attached hydrogens (primary N) is 1. The molecule has 30 heavy (non-hydrogen) atoms. The van der Waals surface area contributed by atoms with Crippen molar-refractivity contribution in [1.82, 2.24) is 20.2 Å². The van der Waals surface area contributed by atoms with Crippen molar-refractivity contribution in [2.75, 3.05) is 0 Å². The number of rotatable bonds is 4. The minimum Gasteiger partial charge on any atom is -0.324 e. The highest BCUT2D eigenvalue weighted by molar-refractivity contribution is 5.05. The van der Waals surface area contributed by atoms with Crippen molar-refractivity contribution >= 4 is 0 Å². The van der Waals surface area contributed by atoms with Crippen LogP contribution in [0, 0.1) is 29.6 Å². The zero-order valence-electron chi connectivity index (χ0n) is 18.3. The number of hydrogen-bond donors (Lipinski definition) is 1. The van der Waals surface area contributed by atoms with E-state index in [0.717, 1.165) is 49.8 Å². The number of tetrazole rings is 1. The molecule has 1 saturated heterocycles. The van der Waals surface area contributed by atoms with Gasteiger partial charge >= 0.3 is 0 Å². The highest BCUT2D eigenvalue weighted by Gasteiger charge is 2.66. The van der Waals surface area contributed by atoms with Gasteiger partial charge in [-0.2, -0.15) is 9.78 Å². The van der Waals surface area contributed by atoms with Crippen molar-refractivity contribution in [1.29, 1.82) is 0 Å². The maximum Gasteiger partial charge on any atom is 0.210 e. The summed E-state index contributed by atoms with van der Waals surface area (Å²) in [6, 6.07) is 0. The highest BCUT2D eigenvalue weighted by atomic mass is 17.3. The van der Waals surface area contributed by atoms with Crippen LogP contribution in [-0.2, 0) is 27.5 Å². The van der Waals surface area contributed by atoms with Gasteiger partial charge in [0.05, 0.1) is 6.54 Å². The normalized spacial score (nSPS) is 45.1. The third kappa shape index (κ3) is 3.22. The summed E-state index contributed by atoms with van der Waals surface area (Å²) in [5, 5.41) is 12.3. The van der Waals surface area contributed by atoms with Crippen LogP contribution in [0.15, 0.2) is 0 Å². The molecule has 2 spiro atoms. The van der Waals surface area contributed by atoms with Gasteiger partial charge in [0, 0.05) is 36.6 Å². The summed E-state index contributed by atoms with van der Waals surface area (Å²) in [6.45, 7) is 4.62. The Morgan fingerprint density at radius 3 is 2.33 bits per heavy atom. The molecule has 6 aliphatic rings. The zero-order chi connectivity index (χ0) is 20.6. The third-order valence-corrected chi connectivity index (χ3v) is 8.45. The lowest BCUT2D eigenvalue weighted by Gasteiger charge is -2.57. The first-order valence-electron chi connectivity index (χ1n) is 11.9. The average molecular weight is 418 g/mol. The summed E-state index contributed by atoms with van der Waals surface area (Å²) in [6.07, 6.45) is 11.2. The molecule has 0 aromatic carbocycles. The number of hydrogen-bond acceptors (Lipinski definition) is 7. The second-order valence-corrected chi connectivity index (χ2v) is 11.6. The summed E-state index contributed by atoms with van der Waals surface area (Å²) in [4.78, 5) is 12.2. The molecule has 6 fully saturated rings. The summed E-state index contributed by atoms with van der Waals surface area (Å²) in [5.74, 6) is 3.28. The van der Waals surface area contributed by atoms with Crippen LogP contribution >= 0.6 is 0 Å². The summed E-state index contributed by atoms with van der Waals surface area (Å²) >= 11 is 0. The molecule has 1 aromatic heterocycles. The maximum atomic E-state index is 6.82. The van der Waals surface area contributed by atoms with E-state index in [9.17, 15) is 0 Å². The van der Waals surface area contributed by atoms with Gasteiger partial charge in [-0.3, -0.25) is 0 Å². The second kappa shape index (κ2) is 6.70. The van der Waals surface area contributed by atoms with E-state index >= 15 is 0 Å². The number of ether oxygens (including phenoxy) is 1. The molecular weight excluding hydrogens is 382 g/mol. The van der Waals surface area contributed by atoms with Crippen molar-refractivity contribution in [2.45, 2.75) is 102 Å². The Morgan fingerprint density at radius 2 is 1.70 bits per heavy atom. The summed E-state index contributed by atoms with van der Waals surface area (Å²) < 4.78 is 8.68. The van der Waals surface area contributed by atoms with E-state index in [1.54, 1.807) is 0 Å². The number of aromatic nitrogens is 4. The quantitative estimate of drug-likeness (QED) is 0.752. The van der Waals surface area contributed by atoms with E-state index in [1.807, 2.05) is 18.5 Å². The van der Waals surface area contributed by atoms with Gasteiger partial charge in [-0.1, -0.05) is 0 Å². The zero-order valence-corrected chi connectivity index (χ0v) is 18.3. The molecular formula is C22H35N5O3. The minimum absolute atomic E-state index is 0.337. The Balaban J connectivity index is 1.10. The first-order chi connectivity index (χ1) is 14.3. The highest BCUT2D eigenvalue weighted by Crippen LogP contribution is 2.63. The Bertz CT molecular complexity index is 767. The smallest absolute Gasteiger partial charge is 0.210 e. The molecule has 8 nitrogen and oxygen atoms in total. The molecule has 0 atom stereocenters. The van der Waals surface area contributed by atoms with Gasteiger partial charge < -0.3 is 10.5 Å². The van der Waals surface area contributed by atoms with Crippen LogP contribution in [-0.4, -0.2) is 37.3 Å². The largest absolute Gasteiger partial charge is 0.324 e. The Morgan fingerprint density at radius 1 is 1.03 bits per heavy atom. The van der Waals surface area contributed by atoms with Gasteiger partial charge in [0.15, 0.2) is 5.82 Å². The van der Waals surface area contributed by atoms with E-state index in [1.165, 1.54) is 32.1 Å². The molecule has 2 heterocycles. The first-order valence-corrected chi connectivity index (χ1v) is 11.9. The second-order valence-electron chi connectivity index (χ2n) is 11.6. The Labute approximate surface area is 178 Å². The van der Waals surface area contributed by atoms with E-state index < -0.39 is 11.6 Å². The van der Waals surface area contributed by atoms with E-state index in [4.69, 9.17) is 20.2 Å². The average Bonchev–Trinajstić information content (AvgIpc) is 3.26. The van der Waals surface area contributed by atoms with Gasteiger partial charge in [0.25, 0.3) is 0 Å². The molecule has 5 saturated carbocycles. The molecule has 0 unspecified atom stereocenters. The van der Waals surface area contributed by atoms with Crippen molar-refractivity contribution in [3.63, 3.8) is 0 Å². The van der Waals surface area contributed by atoms with Crippen molar-refractivity contribution in [3.8, 4) is 0 Å². The van der Waals surface area contributed by atoms with E-state index in [-0.39, 0.29) is 5.54 Å². The Kier molecular flexibility index (Phi) is 4.38. The lowest BCUT2D eigenvalue weighted by molar-refractivity contribution is -0.390. The van der Waals surface area contributed by atoms with Gasteiger partial charge in [0.1, 0.15) is 0 Å². The fourth-order valence-electron chi connectivity index (χ4n) is 7.25. The maximum absolute atomic E-state index is 6.82. The van der Waals surface area contributed by atoms with Crippen molar-refractivity contribution in [3.05, 3.63) is 5.82 Å². The van der Waals surface area contributed by atoms with Gasteiger partial charge in [-0.05, 0) is 87.0 Å². The molecule has 5 aliphatic carbocycles. The molecule has 7 rings (SSSR count). The molecule has 1 aromatic rings. The molecule has 0 radical (unpaired) electrons. The molecule has 1 aliphatic heterocycles. The predicted octanol–water partition coefficient (Wildman–Crippen LogP) is 2.97. The summed E-state index contributed by atoms with van der Waals surface area (Å²) in [5.41, 5.74) is 5.83. The van der Waals surface area contributed by atoms with E-state index in [2.05, 4.69) is 15.5 Å². The predicted molar refractivity (Wildman–Crippen MR) is 108 cm³/mol. The van der Waals surface area contributed by atoms with Gasteiger partial charge in [-0.25, -0.2) is 4.68 Å². The third-order valence-electron chi connectivity index (χ3n) is 8.45. The number of nitrogens with zero attached hydrogens (tertiary/aromatic N) is 4. The van der Waals surface area contributed by atoms with E-state index in [0.29, 0.717) is 24.3 Å². The topological polar surface area (TPSA) is 97.3 Å². The molecule has 0 amide bonds. The fourth-order valence-corrected chi connectivity index (χ4v) is 7.25. The van der Waals surface area contributed by atoms with Crippen LogP contribution in [0.5, 0.6) is 0 Å². The van der Waals surface area contributed by atoms with Crippen LogP contribution in [0.3, 0.4) is 0 Å². The van der Waals surface area contributed by atoms with Crippen molar-refractivity contribution < 1.29 is 14.5 Å². The van der Waals surface area contributed by atoms with Gasteiger partial charge in [-0.15, -0.1) is 5.10 Å². The molecule has 4 bridgehead atoms. The van der Waals surface area contributed by atoms with Crippen LogP contribution in [0.1, 0.15) is 77.5 Å². The van der Waals surface area contributed by atoms with Crippen molar-refractivity contribution in [2.24, 2.45) is 35.3 Å². The summed E-state index contributed by atoms with van der Waals surface area (Å²) in [7, 11) is 0. The molecule has 2 N–H and O–H groups in total. The van der Waals surface area contributed by atoms with Crippen LogP contribution in [0.2, 0.25) is 0 Å². The van der Waals surface area contributed by atoms with Gasteiger partial charge in [0.2, 0.25) is 11.6 Å². The molecule has 166 valence electrons. The van der Waals surface area contributed by atoms with Crippen LogP contribution in [0.25, 0.3) is 0 Å². The van der Waals surface area contributed by atoms with Crippen LogP contribution in [0.4, 0.5) is 0 Å². The Hall–Kier alpha value is -1.09. The lowest BCUT2D eigenvalue weighted by atomic mass is 9.53. The monoisotopic (exact) mass is 417 g/mol. The van der Waals surface area contributed by atoms with Crippen LogP contribution < -0.4 is 5.73 Å². The minimum atomic E-state index is -0.545. The lowest BCUT2D eigenvalue weighted by Crippen LogP contribution is -2.59.